The molecule has 1 saturated heterocycles. The Kier molecular flexibility index (Phi) is 13.7. The molecule has 0 radical (unpaired) electrons. The Morgan fingerprint density at radius 3 is 2.22 bits per heavy atom. The second-order valence-corrected chi connectivity index (χ2v) is 7.56. The van der Waals surface area contributed by atoms with Gasteiger partial charge in [0.15, 0.2) is 0 Å². The number of rotatable bonds is 5. The van der Waals surface area contributed by atoms with E-state index in [1.807, 2.05) is 10.9 Å². The highest BCUT2D eigenvalue weighted by Gasteiger charge is 2.29. The number of urea groups is 1. The lowest BCUT2D eigenvalue weighted by Gasteiger charge is -2.23. The fourth-order valence-corrected chi connectivity index (χ4v) is 2.75. The molecule has 0 bridgehead atoms. The van der Waals surface area contributed by atoms with Gasteiger partial charge < -0.3 is 46.1 Å². The van der Waals surface area contributed by atoms with Crippen molar-refractivity contribution in [3.05, 3.63) is 0 Å². The largest absolute Gasteiger partial charge is 0.481 e. The number of carbonyl (C=O) groups is 6. The fourth-order valence-electron chi connectivity index (χ4n) is 2.75. The van der Waals surface area contributed by atoms with Crippen LogP contribution < -0.4 is 32.1 Å². The molecule has 0 aromatic carbocycles. The van der Waals surface area contributed by atoms with Gasteiger partial charge in [0.1, 0.15) is 24.7 Å². The lowest BCUT2D eigenvalue weighted by atomic mass is 10.1. The Morgan fingerprint density at radius 1 is 0.944 bits per heavy atom. The van der Waals surface area contributed by atoms with Crippen LogP contribution >= 0.6 is 0 Å². The number of aliphatic hydroxyl groups is 2. The number of ether oxygens (including phenoxy) is 2. The van der Waals surface area contributed by atoms with Crippen LogP contribution in [0.3, 0.4) is 0 Å². The maximum atomic E-state index is 12.5. The quantitative estimate of drug-likeness (QED) is 0.166. The number of hydrogen-bond donors (Lipinski definition) is 9. The third kappa shape index (κ3) is 11.7. The summed E-state index contributed by atoms with van der Waals surface area (Å²) in [4.78, 5) is 72.3. The van der Waals surface area contributed by atoms with Crippen molar-refractivity contribution >= 4 is 35.6 Å². The van der Waals surface area contributed by atoms with Gasteiger partial charge in [-0.2, -0.15) is 0 Å². The average molecular weight is 520 g/mol. The van der Waals surface area contributed by atoms with Crippen molar-refractivity contribution in [2.75, 3.05) is 39.6 Å². The molecule has 1 heterocycles. The normalized spacial score (nSPS) is 25.0. The van der Waals surface area contributed by atoms with E-state index >= 15 is 0 Å². The second-order valence-electron chi connectivity index (χ2n) is 7.56. The molecule has 4 atom stereocenters. The molecule has 6 amide bonds. The van der Waals surface area contributed by atoms with Gasteiger partial charge in [-0.15, -0.1) is 0 Å². The highest BCUT2D eigenvalue weighted by molar-refractivity contribution is 5.93. The van der Waals surface area contributed by atoms with Crippen molar-refractivity contribution in [2.45, 2.75) is 44.0 Å². The van der Waals surface area contributed by atoms with Crippen LogP contribution in [-0.2, 0) is 33.4 Å². The molecular weight excluding hydrogens is 488 g/mol. The standard InChI is InChI=1S/C19H32N6O11/c1-10(27)15-18(33)25-24-17(32)11(2-3-14(29)30)21-19(34)22-12(8-26)16(31)20-4-5-35-6-7-36-9-13(28)23-15/h10-12,15,26-27H,2-9H2,1H3,(H,20,31)(H,23,28)(H,24,32)(H,25,33)(H,29,30)(H2,21,22,34)/t10?,11-,12-,15-/m0/s1. The molecule has 0 aromatic rings. The molecule has 17 nitrogen and oxygen atoms in total. The first-order valence-electron chi connectivity index (χ1n) is 10.9. The third-order valence-corrected chi connectivity index (χ3v) is 4.61. The number of carbonyl (C=O) groups excluding carboxylic acids is 5. The average Bonchev–Trinajstić information content (AvgIpc) is 2.82. The SMILES string of the molecule is CC(O)[C@@H]1NC(=O)COCCOCCNC(=O)[C@H](CO)NC(=O)N[C@@H](CCC(=O)O)C(=O)NNC1=O. The van der Waals surface area contributed by atoms with Gasteiger partial charge in [-0.3, -0.25) is 34.8 Å². The van der Waals surface area contributed by atoms with Gasteiger partial charge in [-0.1, -0.05) is 0 Å². The topological polar surface area (TPSA) is 254 Å². The van der Waals surface area contributed by atoms with Crippen LogP contribution in [0, 0.1) is 0 Å². The maximum Gasteiger partial charge on any atom is 0.316 e. The summed E-state index contributed by atoms with van der Waals surface area (Å²) >= 11 is 0. The number of amides is 6. The van der Waals surface area contributed by atoms with Crippen molar-refractivity contribution in [3.63, 3.8) is 0 Å². The summed E-state index contributed by atoms with van der Waals surface area (Å²) in [5.74, 6) is -4.82. The first-order chi connectivity index (χ1) is 17.0. The minimum absolute atomic E-state index is 0.00168. The Labute approximate surface area is 205 Å². The fraction of sp³-hybridized carbons (Fsp3) is 0.684. The zero-order valence-electron chi connectivity index (χ0n) is 19.6. The van der Waals surface area contributed by atoms with E-state index in [1.165, 1.54) is 6.92 Å². The molecule has 0 aromatic heterocycles. The molecule has 1 rings (SSSR count). The van der Waals surface area contributed by atoms with Crippen molar-refractivity contribution < 1.29 is 53.6 Å². The third-order valence-electron chi connectivity index (χ3n) is 4.61. The summed E-state index contributed by atoms with van der Waals surface area (Å²) < 4.78 is 10.3. The minimum atomic E-state index is -1.49. The molecule has 36 heavy (non-hydrogen) atoms. The van der Waals surface area contributed by atoms with E-state index in [1.54, 1.807) is 0 Å². The molecule has 1 aliphatic rings. The molecular formula is C19H32N6O11. The summed E-state index contributed by atoms with van der Waals surface area (Å²) in [6, 6.07) is -5.44. The Morgan fingerprint density at radius 2 is 1.58 bits per heavy atom. The molecule has 1 fully saturated rings. The lowest BCUT2D eigenvalue weighted by molar-refractivity contribution is -0.138. The van der Waals surface area contributed by atoms with E-state index in [4.69, 9.17) is 14.6 Å². The lowest BCUT2D eigenvalue weighted by Crippen LogP contribution is -2.60. The summed E-state index contributed by atoms with van der Waals surface area (Å²) in [6.45, 7) is 0.115. The van der Waals surface area contributed by atoms with Gasteiger partial charge >= 0.3 is 12.0 Å². The van der Waals surface area contributed by atoms with Crippen LogP contribution in [0.1, 0.15) is 19.8 Å². The zero-order chi connectivity index (χ0) is 27.1. The first kappa shape index (κ1) is 30.5. The molecule has 0 spiro atoms. The number of carboxylic acid groups (broad SMARTS) is 1. The van der Waals surface area contributed by atoms with Crippen molar-refractivity contribution in [2.24, 2.45) is 0 Å². The van der Waals surface area contributed by atoms with Gasteiger partial charge in [0.05, 0.1) is 32.5 Å². The smallest absolute Gasteiger partial charge is 0.316 e. The second kappa shape index (κ2) is 16.2. The minimum Gasteiger partial charge on any atom is -0.481 e. The zero-order valence-corrected chi connectivity index (χ0v) is 19.6. The predicted molar refractivity (Wildman–Crippen MR) is 118 cm³/mol. The van der Waals surface area contributed by atoms with E-state index in [-0.39, 0.29) is 26.4 Å². The number of hydrazine groups is 1. The van der Waals surface area contributed by atoms with Crippen LogP contribution in [-0.4, -0.2) is 115 Å². The van der Waals surface area contributed by atoms with Gasteiger partial charge in [-0.25, -0.2) is 4.79 Å². The van der Waals surface area contributed by atoms with Crippen LogP contribution in [0.15, 0.2) is 0 Å². The van der Waals surface area contributed by atoms with Gasteiger partial charge in [0, 0.05) is 13.0 Å². The number of carboxylic acids is 1. The molecule has 0 aliphatic carbocycles. The summed E-state index contributed by atoms with van der Waals surface area (Å²) in [5.41, 5.74) is 3.96. The van der Waals surface area contributed by atoms with Gasteiger partial charge in [0.2, 0.25) is 11.8 Å². The van der Waals surface area contributed by atoms with Gasteiger partial charge in [0.25, 0.3) is 11.8 Å². The van der Waals surface area contributed by atoms with Crippen LogP contribution in [0.2, 0.25) is 0 Å². The number of aliphatic carboxylic acids is 1. The van der Waals surface area contributed by atoms with E-state index < -0.39 is 85.9 Å². The summed E-state index contributed by atoms with van der Waals surface area (Å²) in [7, 11) is 0. The summed E-state index contributed by atoms with van der Waals surface area (Å²) in [6.07, 6.45) is -2.31. The van der Waals surface area contributed by atoms with E-state index in [0.717, 1.165) is 0 Å². The molecule has 9 N–H and O–H groups in total. The molecule has 0 saturated carbocycles. The van der Waals surface area contributed by atoms with Crippen molar-refractivity contribution in [1.82, 2.24) is 32.1 Å². The Hall–Kier alpha value is -3.54. The number of aliphatic hydroxyl groups excluding tert-OH is 2. The van der Waals surface area contributed by atoms with Crippen LogP contribution in [0.25, 0.3) is 0 Å². The maximum absolute atomic E-state index is 12.5. The Balaban J connectivity index is 3.00. The van der Waals surface area contributed by atoms with Crippen molar-refractivity contribution in [3.8, 4) is 0 Å². The van der Waals surface area contributed by atoms with Crippen LogP contribution in [0.4, 0.5) is 4.79 Å². The van der Waals surface area contributed by atoms with Gasteiger partial charge in [-0.05, 0) is 13.3 Å². The first-order valence-corrected chi connectivity index (χ1v) is 10.9. The van der Waals surface area contributed by atoms with Crippen LogP contribution in [0.5, 0.6) is 0 Å². The van der Waals surface area contributed by atoms with Crippen molar-refractivity contribution in [1.29, 1.82) is 0 Å². The summed E-state index contributed by atoms with van der Waals surface area (Å²) in [5, 5.41) is 37.2. The van der Waals surface area contributed by atoms with E-state index in [0.29, 0.717) is 0 Å². The van der Waals surface area contributed by atoms with E-state index in [2.05, 4.69) is 21.3 Å². The van der Waals surface area contributed by atoms with E-state index in [9.17, 15) is 39.0 Å². The predicted octanol–water partition coefficient (Wildman–Crippen LogP) is -4.94. The Bertz CT molecular complexity index is 794. The highest BCUT2D eigenvalue weighted by Crippen LogP contribution is 1.99. The number of nitrogens with one attached hydrogen (secondary N) is 6. The molecule has 17 heteroatoms. The highest BCUT2D eigenvalue weighted by atomic mass is 16.5. The molecule has 1 aliphatic heterocycles. The molecule has 1 unspecified atom stereocenters. The number of hydrogen-bond acceptors (Lipinski definition) is 10. The monoisotopic (exact) mass is 520 g/mol. The molecule has 204 valence electrons.